The largest absolute Gasteiger partial charge is 0.493 e. The van der Waals surface area contributed by atoms with Gasteiger partial charge in [-0.15, -0.1) is 0 Å². The molecule has 1 atom stereocenters. The van der Waals surface area contributed by atoms with E-state index in [1.807, 2.05) is 41.8 Å². The van der Waals surface area contributed by atoms with E-state index >= 15 is 0 Å². The second-order valence-electron chi connectivity index (χ2n) is 14.5. The minimum Gasteiger partial charge on any atom is -0.493 e. The van der Waals surface area contributed by atoms with Crippen LogP contribution in [0.5, 0.6) is 5.75 Å². The Hall–Kier alpha value is -4.79. The van der Waals surface area contributed by atoms with Crippen molar-refractivity contribution in [3.05, 3.63) is 119 Å². The van der Waals surface area contributed by atoms with Crippen LogP contribution in [0.1, 0.15) is 42.9 Å². The molecule has 54 heavy (non-hydrogen) atoms. The Kier molecular flexibility index (Phi) is 12.7. The van der Waals surface area contributed by atoms with Crippen LogP contribution in [0.15, 0.2) is 91.2 Å². The predicted octanol–water partition coefficient (Wildman–Crippen LogP) is 8.80. The van der Waals surface area contributed by atoms with Gasteiger partial charge in [-0.05, 0) is 75.6 Å². The van der Waals surface area contributed by atoms with Gasteiger partial charge in [0.2, 0.25) is 5.91 Å². The number of allylic oxidation sites excluding steroid dienone is 4. The number of aryl methyl sites for hydroxylation is 3. The molecule has 0 spiro atoms. The first-order chi connectivity index (χ1) is 26.1. The first-order valence-corrected chi connectivity index (χ1v) is 19.6. The Morgan fingerprint density at radius 1 is 0.963 bits per heavy atom. The summed E-state index contributed by atoms with van der Waals surface area (Å²) in [5.41, 5.74) is 8.72. The maximum absolute atomic E-state index is 13.1. The molecule has 1 aliphatic rings. The van der Waals surface area contributed by atoms with Gasteiger partial charge < -0.3 is 19.5 Å². The van der Waals surface area contributed by atoms with Crippen molar-refractivity contribution in [3.8, 4) is 16.9 Å². The predicted molar refractivity (Wildman–Crippen MR) is 224 cm³/mol. The number of carbonyl (C=O) groups is 1. The summed E-state index contributed by atoms with van der Waals surface area (Å²) in [6.45, 7) is 20.3. The highest BCUT2D eigenvalue weighted by Gasteiger charge is 2.25. The van der Waals surface area contributed by atoms with Gasteiger partial charge >= 0.3 is 0 Å². The molecular formula is C45H55ClN6O2. The second-order valence-corrected chi connectivity index (χ2v) is 14.9. The lowest BCUT2D eigenvalue weighted by molar-refractivity contribution is -0.131. The van der Waals surface area contributed by atoms with Crippen LogP contribution >= 0.6 is 11.6 Å². The number of hydrogen-bond acceptors (Lipinski definition) is 5. The molecule has 1 N–H and O–H groups in total. The SMILES string of the molecule is C=C(C=CC(C)/C=C\C)NCC(=O)N1CCN(CCn2c(C)c(CCCOc3cccc4ccccc34)c3ccc(Cl)c(-c4c(C)nn(C)c4C)c32)CC1. The average Bonchev–Trinajstić information content (AvgIpc) is 3.59. The normalized spacial score (nSPS) is 14.5. The summed E-state index contributed by atoms with van der Waals surface area (Å²) in [4.78, 5) is 17.5. The molecular weight excluding hydrogens is 692 g/mol. The fourth-order valence-electron chi connectivity index (χ4n) is 7.79. The molecule has 0 radical (unpaired) electrons. The van der Waals surface area contributed by atoms with Crippen LogP contribution in [0.4, 0.5) is 0 Å². The summed E-state index contributed by atoms with van der Waals surface area (Å²) < 4.78 is 10.8. The number of ether oxygens (including phenoxy) is 1. The maximum Gasteiger partial charge on any atom is 0.241 e. The van der Waals surface area contributed by atoms with E-state index in [-0.39, 0.29) is 12.5 Å². The third kappa shape index (κ3) is 8.61. The number of rotatable bonds is 15. The van der Waals surface area contributed by atoms with Gasteiger partial charge in [-0.3, -0.25) is 14.4 Å². The van der Waals surface area contributed by atoms with E-state index in [1.165, 1.54) is 27.5 Å². The van der Waals surface area contributed by atoms with Gasteiger partial charge in [0.25, 0.3) is 0 Å². The number of fused-ring (bicyclic) bond motifs is 2. The summed E-state index contributed by atoms with van der Waals surface area (Å²) in [5, 5.41) is 12.2. The van der Waals surface area contributed by atoms with Crippen LogP contribution in [0.2, 0.25) is 5.02 Å². The third-order valence-corrected chi connectivity index (χ3v) is 11.1. The number of nitrogens with zero attached hydrogens (tertiary/aromatic N) is 5. The highest BCUT2D eigenvalue weighted by Crippen LogP contribution is 2.42. The Labute approximate surface area is 325 Å². The number of aromatic nitrogens is 3. The Balaban J connectivity index is 1.16. The van der Waals surface area contributed by atoms with E-state index in [0.717, 1.165) is 83.4 Å². The molecule has 0 aliphatic carbocycles. The van der Waals surface area contributed by atoms with Crippen molar-refractivity contribution in [2.75, 3.05) is 45.9 Å². The zero-order chi connectivity index (χ0) is 38.4. The van der Waals surface area contributed by atoms with E-state index in [1.54, 1.807) is 0 Å². The summed E-state index contributed by atoms with van der Waals surface area (Å²) in [7, 11) is 1.99. The van der Waals surface area contributed by atoms with E-state index in [2.05, 4.69) is 110 Å². The van der Waals surface area contributed by atoms with Crippen molar-refractivity contribution in [1.82, 2.24) is 29.5 Å². The van der Waals surface area contributed by atoms with Crippen molar-refractivity contribution in [1.29, 1.82) is 0 Å². The minimum atomic E-state index is 0.105. The first kappa shape index (κ1) is 38.9. The standard InChI is InChI=1S/C45H55ClN6O2/c1-8-13-31(2)19-20-32(3)47-30-42(53)51-26-23-50(24-27-51)25-28-52-34(5)37(17-12-29-54-41-18-11-15-36-14-9-10-16-38(36)41)39-21-22-40(46)44(45(39)52)43-33(4)48-49(7)35(43)6/h8-11,13-16,18-22,31,47H,3,12,17,23-30H2,1-2,4-7H3/b13-8-,20-19?. The number of carbonyl (C=O) groups excluding carboxylic acids is 1. The number of halogens is 1. The molecule has 5 aromatic rings. The van der Waals surface area contributed by atoms with Crippen molar-refractivity contribution >= 4 is 39.2 Å². The fourth-order valence-corrected chi connectivity index (χ4v) is 8.04. The summed E-state index contributed by atoms with van der Waals surface area (Å²) in [5.74, 6) is 1.36. The molecule has 1 fully saturated rings. The van der Waals surface area contributed by atoms with E-state index < -0.39 is 0 Å². The van der Waals surface area contributed by atoms with E-state index in [4.69, 9.17) is 21.4 Å². The Bertz CT molecular complexity index is 2180. The van der Waals surface area contributed by atoms with Crippen molar-refractivity contribution in [2.45, 2.75) is 54.0 Å². The van der Waals surface area contributed by atoms with Crippen LogP contribution in [0.25, 0.3) is 32.8 Å². The zero-order valence-electron chi connectivity index (χ0n) is 32.8. The summed E-state index contributed by atoms with van der Waals surface area (Å²) >= 11 is 7.12. The maximum atomic E-state index is 13.1. The highest BCUT2D eigenvalue weighted by atomic mass is 35.5. The van der Waals surface area contributed by atoms with Gasteiger partial charge in [0, 0.05) is 85.3 Å². The van der Waals surface area contributed by atoms with Crippen LogP contribution in [0.3, 0.4) is 0 Å². The minimum absolute atomic E-state index is 0.105. The fraction of sp³-hybridized carbons (Fsp3) is 0.378. The lowest BCUT2D eigenvalue weighted by Gasteiger charge is -2.35. The number of piperazine rings is 1. The second kappa shape index (κ2) is 17.6. The monoisotopic (exact) mass is 746 g/mol. The van der Waals surface area contributed by atoms with E-state index in [0.29, 0.717) is 25.6 Å². The van der Waals surface area contributed by atoms with Gasteiger partial charge in [0.05, 0.1) is 29.4 Å². The number of benzene rings is 3. The average molecular weight is 747 g/mol. The molecule has 3 aromatic carbocycles. The molecule has 1 amide bonds. The number of hydrogen-bond donors (Lipinski definition) is 1. The van der Waals surface area contributed by atoms with Crippen LogP contribution in [0, 0.1) is 26.7 Å². The van der Waals surface area contributed by atoms with Crippen molar-refractivity contribution < 1.29 is 9.53 Å². The molecule has 0 bridgehead atoms. The van der Waals surface area contributed by atoms with Crippen LogP contribution in [-0.4, -0.2) is 75.9 Å². The molecule has 6 rings (SSSR count). The highest BCUT2D eigenvalue weighted by molar-refractivity contribution is 6.35. The summed E-state index contributed by atoms with van der Waals surface area (Å²) in [6, 6.07) is 18.8. The number of nitrogens with one attached hydrogen (secondary N) is 1. The third-order valence-electron chi connectivity index (χ3n) is 10.8. The van der Waals surface area contributed by atoms with Gasteiger partial charge in [-0.2, -0.15) is 5.10 Å². The van der Waals surface area contributed by atoms with Crippen molar-refractivity contribution in [3.63, 3.8) is 0 Å². The van der Waals surface area contributed by atoms with E-state index in [9.17, 15) is 4.79 Å². The summed E-state index contributed by atoms with van der Waals surface area (Å²) in [6.07, 6.45) is 9.96. The van der Waals surface area contributed by atoms with Gasteiger partial charge in [-0.25, -0.2) is 0 Å². The molecule has 284 valence electrons. The quantitative estimate of drug-likeness (QED) is 0.0659. The molecule has 1 aliphatic heterocycles. The molecule has 8 nitrogen and oxygen atoms in total. The first-order valence-electron chi connectivity index (χ1n) is 19.2. The van der Waals surface area contributed by atoms with Gasteiger partial charge in [-0.1, -0.05) is 85.8 Å². The molecule has 3 heterocycles. The number of amides is 1. The molecule has 9 heteroatoms. The molecule has 0 saturated carbocycles. The van der Waals surface area contributed by atoms with Crippen LogP contribution < -0.4 is 10.1 Å². The van der Waals surface area contributed by atoms with Gasteiger partial charge in [0.15, 0.2) is 0 Å². The Morgan fingerprint density at radius 3 is 2.46 bits per heavy atom. The zero-order valence-corrected chi connectivity index (χ0v) is 33.5. The Morgan fingerprint density at radius 2 is 1.72 bits per heavy atom. The van der Waals surface area contributed by atoms with Gasteiger partial charge in [0.1, 0.15) is 5.75 Å². The smallest absolute Gasteiger partial charge is 0.241 e. The lowest BCUT2D eigenvalue weighted by atomic mass is 9.98. The van der Waals surface area contributed by atoms with Crippen molar-refractivity contribution in [2.24, 2.45) is 13.0 Å². The molecule has 1 unspecified atom stereocenters. The molecule has 1 saturated heterocycles. The lowest BCUT2D eigenvalue weighted by Crippen LogP contribution is -2.51. The molecule has 2 aromatic heterocycles. The van der Waals surface area contributed by atoms with Crippen LogP contribution in [-0.2, 0) is 24.8 Å². The topological polar surface area (TPSA) is 67.6 Å².